The van der Waals surface area contributed by atoms with Gasteiger partial charge in [0, 0.05) is 37.8 Å². The van der Waals surface area contributed by atoms with E-state index in [-0.39, 0.29) is 30.7 Å². The number of hydrogen-bond donors (Lipinski definition) is 1. The highest BCUT2D eigenvalue weighted by molar-refractivity contribution is 5.85. The standard InChI is InChI=1S/C20H32N4O.2ClH/c1-14-11-22-24(12-14)13-15-5-7-23(8-6-15)20(25)18-9-16-3-2-4-17(10-18)19(16)21;;/h11-12,15-19H,2-10,13,21H2,1H3;2*1H. The van der Waals surface area contributed by atoms with E-state index in [1.807, 2.05) is 6.20 Å². The summed E-state index contributed by atoms with van der Waals surface area (Å²) >= 11 is 0. The molecule has 2 atom stereocenters. The van der Waals surface area contributed by atoms with Crippen molar-refractivity contribution in [2.45, 2.75) is 64.5 Å². The van der Waals surface area contributed by atoms with Crippen LogP contribution in [0, 0.1) is 30.6 Å². The van der Waals surface area contributed by atoms with Gasteiger partial charge in [0.15, 0.2) is 0 Å². The van der Waals surface area contributed by atoms with Crippen LogP contribution in [0.4, 0.5) is 0 Å². The van der Waals surface area contributed by atoms with Gasteiger partial charge in [0.2, 0.25) is 5.91 Å². The highest BCUT2D eigenvalue weighted by Gasteiger charge is 2.41. The summed E-state index contributed by atoms with van der Waals surface area (Å²) in [6.45, 7) is 4.90. The van der Waals surface area contributed by atoms with E-state index in [0.29, 0.717) is 29.7 Å². The minimum absolute atomic E-state index is 0. The summed E-state index contributed by atoms with van der Waals surface area (Å²) in [6, 6.07) is 0.348. The molecule has 154 valence electrons. The van der Waals surface area contributed by atoms with Gasteiger partial charge in [-0.1, -0.05) is 6.42 Å². The molecule has 0 radical (unpaired) electrons. The van der Waals surface area contributed by atoms with Gasteiger partial charge in [0.1, 0.15) is 0 Å². The molecule has 5 nitrogen and oxygen atoms in total. The normalized spacial score (nSPS) is 31.0. The van der Waals surface area contributed by atoms with Crippen molar-refractivity contribution in [3.8, 4) is 0 Å². The van der Waals surface area contributed by atoms with Crippen molar-refractivity contribution in [1.29, 1.82) is 0 Å². The molecule has 2 bridgehead atoms. The van der Waals surface area contributed by atoms with Gasteiger partial charge in [0.25, 0.3) is 0 Å². The van der Waals surface area contributed by atoms with Crippen molar-refractivity contribution in [3.63, 3.8) is 0 Å². The number of aromatic nitrogens is 2. The average molecular weight is 417 g/mol. The molecule has 1 amide bonds. The Hall–Kier alpha value is -0.780. The Kier molecular flexibility index (Phi) is 8.02. The molecule has 7 heteroatoms. The van der Waals surface area contributed by atoms with Gasteiger partial charge in [-0.25, -0.2) is 0 Å². The number of nitrogens with zero attached hydrogens (tertiary/aromatic N) is 3. The summed E-state index contributed by atoms with van der Waals surface area (Å²) in [6.07, 6.45) is 12.1. The molecule has 4 rings (SSSR count). The van der Waals surface area contributed by atoms with Crippen molar-refractivity contribution in [3.05, 3.63) is 18.0 Å². The van der Waals surface area contributed by atoms with Crippen LogP contribution in [0.1, 0.15) is 50.5 Å². The first-order valence-electron chi connectivity index (χ1n) is 10.1. The molecule has 1 saturated heterocycles. The zero-order valence-corrected chi connectivity index (χ0v) is 17.9. The smallest absolute Gasteiger partial charge is 0.225 e. The van der Waals surface area contributed by atoms with Crippen LogP contribution >= 0.6 is 24.8 Å². The monoisotopic (exact) mass is 416 g/mol. The number of nitrogens with two attached hydrogens (primary N) is 1. The molecule has 1 aliphatic heterocycles. The topological polar surface area (TPSA) is 64.2 Å². The largest absolute Gasteiger partial charge is 0.342 e. The predicted octanol–water partition coefficient (Wildman–Crippen LogP) is 3.43. The average Bonchev–Trinajstić information content (AvgIpc) is 2.99. The van der Waals surface area contributed by atoms with Gasteiger partial charge in [0.05, 0.1) is 6.20 Å². The van der Waals surface area contributed by atoms with Crippen LogP contribution in [0.2, 0.25) is 0 Å². The SMILES string of the molecule is Cc1cnn(CC2CCN(C(=O)C3CC4CCCC(C3)C4N)CC2)c1.Cl.Cl. The van der Waals surface area contributed by atoms with E-state index in [1.54, 1.807) is 0 Å². The van der Waals surface area contributed by atoms with E-state index in [0.717, 1.165) is 45.3 Å². The van der Waals surface area contributed by atoms with Gasteiger partial charge >= 0.3 is 0 Å². The van der Waals surface area contributed by atoms with E-state index < -0.39 is 0 Å². The summed E-state index contributed by atoms with van der Waals surface area (Å²) in [7, 11) is 0. The Morgan fingerprint density at radius 1 is 1.15 bits per heavy atom. The van der Waals surface area contributed by atoms with Crippen molar-refractivity contribution < 1.29 is 4.79 Å². The van der Waals surface area contributed by atoms with Crippen LogP contribution in [0.25, 0.3) is 0 Å². The van der Waals surface area contributed by atoms with Gasteiger partial charge in [-0.15, -0.1) is 24.8 Å². The van der Waals surface area contributed by atoms with Gasteiger partial charge in [-0.2, -0.15) is 5.10 Å². The van der Waals surface area contributed by atoms with Crippen molar-refractivity contribution >= 4 is 30.7 Å². The van der Waals surface area contributed by atoms with Crippen LogP contribution in [-0.2, 0) is 11.3 Å². The van der Waals surface area contributed by atoms with Crippen LogP contribution in [-0.4, -0.2) is 39.7 Å². The molecule has 0 aromatic carbocycles. The van der Waals surface area contributed by atoms with Crippen LogP contribution < -0.4 is 5.73 Å². The molecule has 3 aliphatic rings. The van der Waals surface area contributed by atoms with Gasteiger partial charge in [-0.3, -0.25) is 9.48 Å². The molecular weight excluding hydrogens is 383 g/mol. The molecule has 0 spiro atoms. The zero-order chi connectivity index (χ0) is 17.4. The highest BCUT2D eigenvalue weighted by atomic mass is 35.5. The number of amides is 1. The number of aryl methyl sites for hydroxylation is 1. The second kappa shape index (κ2) is 9.62. The summed E-state index contributed by atoms with van der Waals surface area (Å²) in [5.74, 6) is 2.46. The first-order valence-corrected chi connectivity index (χ1v) is 10.1. The van der Waals surface area contributed by atoms with Crippen molar-refractivity contribution in [2.24, 2.45) is 29.4 Å². The number of halogens is 2. The lowest BCUT2D eigenvalue weighted by Crippen LogP contribution is -2.50. The molecule has 2 N–H and O–H groups in total. The summed E-state index contributed by atoms with van der Waals surface area (Å²) in [4.78, 5) is 15.2. The number of rotatable bonds is 3. The van der Waals surface area contributed by atoms with Gasteiger partial charge in [-0.05, 0) is 68.8 Å². The molecular formula is C20H34Cl2N4O. The summed E-state index contributed by atoms with van der Waals surface area (Å²) in [5.41, 5.74) is 7.60. The fraction of sp³-hybridized carbons (Fsp3) is 0.800. The molecule has 3 fully saturated rings. The summed E-state index contributed by atoms with van der Waals surface area (Å²) < 4.78 is 2.06. The Morgan fingerprint density at radius 2 is 1.78 bits per heavy atom. The molecule has 2 aliphatic carbocycles. The Morgan fingerprint density at radius 3 is 2.33 bits per heavy atom. The molecule has 2 heterocycles. The third-order valence-corrected chi connectivity index (χ3v) is 6.90. The molecule has 27 heavy (non-hydrogen) atoms. The third-order valence-electron chi connectivity index (χ3n) is 6.90. The van der Waals surface area contributed by atoms with Crippen LogP contribution in [0.3, 0.4) is 0 Å². The molecule has 1 aromatic heterocycles. The summed E-state index contributed by atoms with van der Waals surface area (Å²) in [5, 5.41) is 4.40. The maximum absolute atomic E-state index is 13.0. The van der Waals surface area contributed by atoms with E-state index in [9.17, 15) is 4.79 Å². The fourth-order valence-corrected chi connectivity index (χ4v) is 5.42. The minimum Gasteiger partial charge on any atom is -0.342 e. The lowest BCUT2D eigenvalue weighted by molar-refractivity contribution is -0.140. The van der Waals surface area contributed by atoms with Crippen LogP contribution in [0.5, 0.6) is 0 Å². The van der Waals surface area contributed by atoms with Crippen LogP contribution in [0.15, 0.2) is 12.4 Å². The second-order valence-corrected chi connectivity index (χ2v) is 8.71. The Balaban J connectivity index is 0.00000131. The number of fused-ring (bicyclic) bond motifs is 2. The predicted molar refractivity (Wildman–Crippen MR) is 112 cm³/mol. The van der Waals surface area contributed by atoms with Gasteiger partial charge < -0.3 is 10.6 Å². The maximum Gasteiger partial charge on any atom is 0.225 e. The fourth-order valence-electron chi connectivity index (χ4n) is 5.42. The number of carbonyl (C=O) groups is 1. The zero-order valence-electron chi connectivity index (χ0n) is 16.3. The second-order valence-electron chi connectivity index (χ2n) is 8.71. The third kappa shape index (κ3) is 4.99. The first kappa shape index (κ1) is 22.5. The van der Waals surface area contributed by atoms with E-state index in [1.165, 1.54) is 24.8 Å². The van der Waals surface area contributed by atoms with Crippen molar-refractivity contribution in [2.75, 3.05) is 13.1 Å². The molecule has 2 saturated carbocycles. The first-order chi connectivity index (χ1) is 12.1. The van der Waals surface area contributed by atoms with E-state index in [4.69, 9.17) is 5.73 Å². The Labute approximate surface area is 175 Å². The number of likely N-dealkylation sites (tertiary alicyclic amines) is 1. The quantitative estimate of drug-likeness (QED) is 0.820. The highest BCUT2D eigenvalue weighted by Crippen LogP contribution is 2.42. The van der Waals surface area contributed by atoms with E-state index in [2.05, 4.69) is 27.8 Å². The number of carbonyl (C=O) groups excluding carboxylic acids is 1. The lowest BCUT2D eigenvalue weighted by Gasteiger charge is -2.45. The number of hydrogen-bond acceptors (Lipinski definition) is 3. The lowest BCUT2D eigenvalue weighted by atomic mass is 9.65. The number of piperidine rings is 1. The molecule has 1 aromatic rings. The minimum atomic E-state index is 0. The van der Waals surface area contributed by atoms with Crippen molar-refractivity contribution in [1.82, 2.24) is 14.7 Å². The molecule has 2 unspecified atom stereocenters. The van der Waals surface area contributed by atoms with E-state index >= 15 is 0 Å². The Bertz CT molecular complexity index is 601. The maximum atomic E-state index is 13.0.